The highest BCUT2D eigenvalue weighted by atomic mass is 28.3. The summed E-state index contributed by atoms with van der Waals surface area (Å²) in [5.74, 6) is 0.905. The molecule has 6 rings (SSSR count). The first-order chi connectivity index (χ1) is 20.4. The average Bonchev–Trinajstić information content (AvgIpc) is 3.51. The molecule has 0 aliphatic carbocycles. The molecule has 0 saturated carbocycles. The second-order valence-electron chi connectivity index (χ2n) is 14.6. The van der Waals surface area contributed by atoms with E-state index in [-0.39, 0.29) is 18.2 Å². The van der Waals surface area contributed by atoms with Crippen molar-refractivity contribution in [1.82, 2.24) is 14.7 Å². The van der Waals surface area contributed by atoms with Crippen LogP contribution in [0.5, 0.6) is 5.75 Å². The molecule has 230 valence electrons. The predicted molar refractivity (Wildman–Crippen MR) is 173 cm³/mol. The molecular weight excluding hydrogens is 556 g/mol. The zero-order valence-corrected chi connectivity index (χ0v) is 27.5. The molecule has 3 aliphatic heterocycles. The molecule has 0 unspecified atom stereocenters. The summed E-state index contributed by atoms with van der Waals surface area (Å²) in [6.07, 6.45) is 7.74. The number of amides is 1. The molecule has 2 bridgehead atoms. The molecule has 4 heterocycles. The van der Waals surface area contributed by atoms with Gasteiger partial charge in [-0.25, -0.2) is 9.48 Å². The van der Waals surface area contributed by atoms with Crippen LogP contribution in [-0.2, 0) is 22.8 Å². The molecule has 43 heavy (non-hydrogen) atoms. The molecule has 2 aromatic carbocycles. The van der Waals surface area contributed by atoms with Gasteiger partial charge in [0.05, 0.1) is 6.20 Å². The van der Waals surface area contributed by atoms with Gasteiger partial charge in [-0.3, -0.25) is 0 Å². The molecule has 3 aromatic rings. The van der Waals surface area contributed by atoms with E-state index in [1.807, 2.05) is 36.5 Å². The average molecular weight is 603 g/mol. The van der Waals surface area contributed by atoms with E-state index < -0.39 is 13.7 Å². The van der Waals surface area contributed by atoms with Crippen LogP contribution in [0.25, 0.3) is 22.3 Å². The molecule has 2 fully saturated rings. The number of nitrogens with zero attached hydrogens (tertiary/aromatic N) is 3. The minimum Gasteiger partial charge on any atom is -0.488 e. The topological polar surface area (TPSA) is 77.9 Å². The first-order valence-corrected chi connectivity index (χ1v) is 19.4. The number of hydrogen-bond donors (Lipinski definition) is 1. The van der Waals surface area contributed by atoms with Crippen molar-refractivity contribution in [2.45, 2.75) is 109 Å². The van der Waals surface area contributed by atoms with E-state index >= 15 is 0 Å². The van der Waals surface area contributed by atoms with Crippen LogP contribution in [0.4, 0.5) is 10.5 Å². The van der Waals surface area contributed by atoms with E-state index in [9.17, 15) is 4.79 Å². The molecule has 0 radical (unpaired) electrons. The van der Waals surface area contributed by atoms with E-state index in [2.05, 4.69) is 72.7 Å². The fraction of sp³-hybridized carbons (Fsp3) is 0.529. The highest BCUT2D eigenvalue weighted by Crippen LogP contribution is 2.42. The zero-order chi connectivity index (χ0) is 30.4. The van der Waals surface area contributed by atoms with Crippen molar-refractivity contribution in [3.63, 3.8) is 0 Å². The van der Waals surface area contributed by atoms with Gasteiger partial charge in [-0.05, 0) is 87.4 Å². The summed E-state index contributed by atoms with van der Waals surface area (Å²) in [4.78, 5) is 14.8. The molecule has 0 spiro atoms. The number of hydrogen-bond acceptors (Lipinski definition) is 6. The zero-order valence-electron chi connectivity index (χ0n) is 26.5. The van der Waals surface area contributed by atoms with Gasteiger partial charge in [0.1, 0.15) is 24.7 Å². The second kappa shape index (κ2) is 11.7. The quantitative estimate of drug-likeness (QED) is 0.210. The Bertz CT molecular complexity index is 1460. The number of piperidine rings is 1. The Morgan fingerprint density at radius 2 is 1.79 bits per heavy atom. The highest BCUT2D eigenvalue weighted by molar-refractivity contribution is 6.76. The Kier molecular flexibility index (Phi) is 8.06. The van der Waals surface area contributed by atoms with Gasteiger partial charge in [0.2, 0.25) is 0 Å². The Morgan fingerprint density at radius 3 is 2.51 bits per heavy atom. The van der Waals surface area contributed by atoms with E-state index in [0.29, 0.717) is 19.4 Å². The van der Waals surface area contributed by atoms with E-state index in [0.717, 1.165) is 66.5 Å². The van der Waals surface area contributed by atoms with Gasteiger partial charge >= 0.3 is 6.09 Å². The van der Waals surface area contributed by atoms with Gasteiger partial charge in [0.15, 0.2) is 0 Å². The maximum absolute atomic E-state index is 12.8. The maximum atomic E-state index is 12.8. The number of benzene rings is 2. The largest absolute Gasteiger partial charge is 0.488 e. The standard InChI is InChI=1S/C34H46N4O4Si/c1-34(2,3)42-33(39)38-28-9-10-29(38)17-27(16-28)36-26-8-12-31-30-11-7-23(15-24(30)21-41-32(31)18-26)25-19-35-37(20-25)22-40-13-14-43(4,5)6/h7-8,11-12,15,18-20,27-29,36H,9-10,13-14,16-17,21-22H2,1-6H3/t27-,28-,29+. The molecule has 8 nitrogen and oxygen atoms in total. The third kappa shape index (κ3) is 6.93. The van der Waals surface area contributed by atoms with E-state index in [4.69, 9.17) is 14.2 Å². The van der Waals surface area contributed by atoms with Crippen LogP contribution in [0.1, 0.15) is 52.0 Å². The van der Waals surface area contributed by atoms with Gasteiger partial charge in [-0.1, -0.05) is 31.8 Å². The smallest absolute Gasteiger partial charge is 0.410 e. The third-order valence-electron chi connectivity index (χ3n) is 8.65. The molecule has 1 N–H and O–H groups in total. The van der Waals surface area contributed by atoms with Crippen molar-refractivity contribution < 1.29 is 19.0 Å². The minimum absolute atomic E-state index is 0.168. The van der Waals surface area contributed by atoms with Crippen molar-refractivity contribution in [3.8, 4) is 28.0 Å². The Hall–Kier alpha value is -3.30. The normalized spacial score (nSPS) is 21.2. The Labute approximate surface area is 256 Å². The molecule has 3 atom stereocenters. The lowest BCUT2D eigenvalue weighted by molar-refractivity contribution is 0.00683. The van der Waals surface area contributed by atoms with Crippen LogP contribution in [0, 0.1) is 0 Å². The van der Waals surface area contributed by atoms with Crippen LogP contribution in [0.2, 0.25) is 25.7 Å². The second-order valence-corrected chi connectivity index (χ2v) is 20.2. The van der Waals surface area contributed by atoms with Gasteiger partial charge in [0, 0.05) is 61.9 Å². The monoisotopic (exact) mass is 602 g/mol. The van der Waals surface area contributed by atoms with E-state index in [1.165, 1.54) is 11.1 Å². The maximum Gasteiger partial charge on any atom is 0.410 e. The van der Waals surface area contributed by atoms with Gasteiger partial charge in [-0.15, -0.1) is 0 Å². The fourth-order valence-electron chi connectivity index (χ4n) is 6.53. The number of aromatic nitrogens is 2. The number of carbonyl (C=O) groups is 1. The van der Waals surface area contributed by atoms with Crippen LogP contribution in [0.3, 0.4) is 0 Å². The third-order valence-corrected chi connectivity index (χ3v) is 10.4. The van der Waals surface area contributed by atoms with Gasteiger partial charge < -0.3 is 24.4 Å². The summed E-state index contributed by atoms with van der Waals surface area (Å²) < 4.78 is 19.7. The predicted octanol–water partition coefficient (Wildman–Crippen LogP) is 7.76. The van der Waals surface area contributed by atoms with Crippen LogP contribution < -0.4 is 10.1 Å². The van der Waals surface area contributed by atoms with Crippen molar-refractivity contribution in [2.24, 2.45) is 0 Å². The summed E-state index contributed by atoms with van der Waals surface area (Å²) in [5.41, 5.74) is 6.30. The summed E-state index contributed by atoms with van der Waals surface area (Å²) in [6.45, 7) is 14.7. The SMILES string of the molecule is CC(C)(C)OC(=O)N1[C@@H]2CC[C@H]1C[C@H](Nc1ccc3c(c1)OCc1cc(-c4cnn(COCC[Si](C)(C)C)c4)ccc1-3)C2. The molecule has 9 heteroatoms. The van der Waals surface area contributed by atoms with Crippen molar-refractivity contribution >= 4 is 19.9 Å². The van der Waals surface area contributed by atoms with Crippen LogP contribution in [-0.4, -0.2) is 59.2 Å². The number of fused-ring (bicyclic) bond motifs is 5. The first-order valence-electron chi connectivity index (χ1n) is 15.7. The molecule has 1 amide bonds. The van der Waals surface area contributed by atoms with Crippen molar-refractivity contribution in [3.05, 3.63) is 54.4 Å². The summed E-state index contributed by atoms with van der Waals surface area (Å²) >= 11 is 0. The van der Waals surface area contributed by atoms with Crippen molar-refractivity contribution in [1.29, 1.82) is 0 Å². The Balaban J connectivity index is 1.08. The summed E-state index contributed by atoms with van der Waals surface area (Å²) in [7, 11) is -1.10. The van der Waals surface area contributed by atoms with Gasteiger partial charge in [0.25, 0.3) is 0 Å². The fourth-order valence-corrected chi connectivity index (χ4v) is 7.28. The number of ether oxygens (including phenoxy) is 3. The lowest BCUT2D eigenvalue weighted by Crippen LogP contribution is -2.51. The van der Waals surface area contributed by atoms with Crippen LogP contribution >= 0.6 is 0 Å². The lowest BCUT2D eigenvalue weighted by atomic mass is 9.93. The lowest BCUT2D eigenvalue weighted by Gasteiger charge is -2.40. The molecular formula is C34H46N4O4Si. The minimum atomic E-state index is -1.10. The molecule has 1 aromatic heterocycles. The first kappa shape index (κ1) is 29.8. The van der Waals surface area contributed by atoms with Crippen LogP contribution in [0.15, 0.2) is 48.8 Å². The van der Waals surface area contributed by atoms with Crippen molar-refractivity contribution in [2.75, 3.05) is 11.9 Å². The molecule has 3 aliphatic rings. The summed E-state index contributed by atoms with van der Waals surface area (Å²) in [5, 5.41) is 8.26. The number of carbonyl (C=O) groups excluding carboxylic acids is 1. The Morgan fingerprint density at radius 1 is 1.05 bits per heavy atom. The van der Waals surface area contributed by atoms with Gasteiger partial charge in [-0.2, -0.15) is 5.10 Å². The summed E-state index contributed by atoms with van der Waals surface area (Å²) in [6, 6.07) is 15.0. The number of rotatable bonds is 8. The number of anilines is 1. The highest BCUT2D eigenvalue weighted by Gasteiger charge is 2.44. The molecule has 2 saturated heterocycles. The number of nitrogens with one attached hydrogen (secondary N) is 1. The van der Waals surface area contributed by atoms with E-state index in [1.54, 1.807) is 0 Å².